The number of anilines is 1. The van der Waals surface area contributed by atoms with Gasteiger partial charge in [-0.25, -0.2) is 0 Å². The van der Waals surface area contributed by atoms with Crippen LogP contribution in [0.4, 0.5) is 5.69 Å². The Morgan fingerprint density at radius 2 is 1.93 bits per heavy atom. The summed E-state index contributed by atoms with van der Waals surface area (Å²) in [5, 5.41) is 11.2. The molecule has 0 aliphatic heterocycles. The van der Waals surface area contributed by atoms with Gasteiger partial charge in [0.1, 0.15) is 6.07 Å². The zero-order valence-corrected chi connectivity index (χ0v) is 8.66. The SMILES string of the molecule is CC.CC(=O)Nc1ccccc1C#N. The van der Waals surface area contributed by atoms with Crippen molar-refractivity contribution in [3.05, 3.63) is 29.8 Å². The lowest BCUT2D eigenvalue weighted by atomic mass is 10.2. The van der Waals surface area contributed by atoms with Gasteiger partial charge in [0.15, 0.2) is 0 Å². The Bertz CT molecular complexity index is 339. The minimum atomic E-state index is -0.169. The molecule has 1 amide bonds. The van der Waals surface area contributed by atoms with Gasteiger partial charge < -0.3 is 5.32 Å². The number of para-hydroxylation sites is 1. The fraction of sp³-hybridized carbons (Fsp3) is 0.273. The zero-order chi connectivity index (χ0) is 11.0. The van der Waals surface area contributed by atoms with Crippen molar-refractivity contribution in [3.8, 4) is 6.07 Å². The average Bonchev–Trinajstić information content (AvgIpc) is 2.21. The van der Waals surface area contributed by atoms with Gasteiger partial charge in [-0.2, -0.15) is 5.26 Å². The van der Waals surface area contributed by atoms with Crippen LogP contribution in [-0.4, -0.2) is 5.91 Å². The molecule has 0 heterocycles. The van der Waals surface area contributed by atoms with Crippen LogP contribution in [0, 0.1) is 11.3 Å². The molecule has 1 aromatic carbocycles. The Balaban J connectivity index is 0.000000791. The van der Waals surface area contributed by atoms with Crippen LogP contribution in [0.3, 0.4) is 0 Å². The highest BCUT2D eigenvalue weighted by Gasteiger charge is 2.00. The second-order valence-electron chi connectivity index (χ2n) is 2.34. The molecule has 0 aliphatic rings. The van der Waals surface area contributed by atoms with E-state index in [-0.39, 0.29) is 5.91 Å². The van der Waals surface area contributed by atoms with E-state index < -0.39 is 0 Å². The highest BCUT2D eigenvalue weighted by molar-refractivity contribution is 5.90. The van der Waals surface area contributed by atoms with Crippen LogP contribution in [0.5, 0.6) is 0 Å². The molecule has 74 valence electrons. The Morgan fingerprint density at radius 3 is 2.43 bits per heavy atom. The highest BCUT2D eigenvalue weighted by atomic mass is 16.1. The lowest BCUT2D eigenvalue weighted by molar-refractivity contribution is -0.114. The van der Waals surface area contributed by atoms with Crippen LogP contribution >= 0.6 is 0 Å². The van der Waals surface area contributed by atoms with Gasteiger partial charge in [-0.15, -0.1) is 0 Å². The number of amides is 1. The van der Waals surface area contributed by atoms with Gasteiger partial charge in [0, 0.05) is 6.92 Å². The number of nitriles is 1. The summed E-state index contributed by atoms with van der Waals surface area (Å²) in [4.78, 5) is 10.7. The molecule has 1 rings (SSSR count). The number of nitrogens with one attached hydrogen (secondary N) is 1. The highest BCUT2D eigenvalue weighted by Crippen LogP contribution is 2.12. The molecule has 14 heavy (non-hydrogen) atoms. The summed E-state index contributed by atoms with van der Waals surface area (Å²) in [6.45, 7) is 5.41. The third-order valence-corrected chi connectivity index (χ3v) is 1.36. The number of hydrogen-bond acceptors (Lipinski definition) is 2. The summed E-state index contributed by atoms with van der Waals surface area (Å²) in [6.07, 6.45) is 0. The smallest absolute Gasteiger partial charge is 0.221 e. The van der Waals surface area contributed by atoms with Crippen molar-refractivity contribution < 1.29 is 4.79 Å². The van der Waals surface area contributed by atoms with Gasteiger partial charge in [-0.05, 0) is 12.1 Å². The molecule has 0 bridgehead atoms. The van der Waals surface area contributed by atoms with Crippen molar-refractivity contribution in [2.45, 2.75) is 20.8 Å². The maximum absolute atomic E-state index is 10.7. The van der Waals surface area contributed by atoms with Crippen LogP contribution in [0.2, 0.25) is 0 Å². The average molecular weight is 190 g/mol. The minimum Gasteiger partial charge on any atom is -0.325 e. The van der Waals surface area contributed by atoms with Crippen molar-refractivity contribution in [2.24, 2.45) is 0 Å². The van der Waals surface area contributed by atoms with E-state index in [1.54, 1.807) is 24.3 Å². The van der Waals surface area contributed by atoms with E-state index in [0.717, 1.165) is 0 Å². The molecule has 0 aromatic heterocycles. The van der Waals surface area contributed by atoms with Crippen LogP contribution in [0.1, 0.15) is 26.3 Å². The number of carbonyl (C=O) groups is 1. The molecular formula is C11H14N2O. The maximum Gasteiger partial charge on any atom is 0.221 e. The Kier molecular flexibility index (Phi) is 5.80. The third kappa shape index (κ3) is 3.72. The Hall–Kier alpha value is -1.82. The van der Waals surface area contributed by atoms with Gasteiger partial charge in [-0.1, -0.05) is 26.0 Å². The molecule has 0 unspecified atom stereocenters. The third-order valence-electron chi connectivity index (χ3n) is 1.36. The molecule has 0 atom stereocenters. The Labute approximate surface area is 84.4 Å². The molecule has 1 aromatic rings. The molecule has 0 aliphatic carbocycles. The monoisotopic (exact) mass is 190 g/mol. The molecule has 0 radical (unpaired) electrons. The summed E-state index contributed by atoms with van der Waals surface area (Å²) in [5.74, 6) is -0.169. The van der Waals surface area contributed by atoms with E-state index in [9.17, 15) is 4.79 Å². The summed E-state index contributed by atoms with van der Waals surface area (Å²) >= 11 is 0. The van der Waals surface area contributed by atoms with Crippen LogP contribution in [-0.2, 0) is 4.79 Å². The summed E-state index contributed by atoms with van der Waals surface area (Å²) in [7, 11) is 0. The number of carbonyl (C=O) groups excluding carboxylic acids is 1. The van der Waals surface area contributed by atoms with E-state index >= 15 is 0 Å². The summed E-state index contributed by atoms with van der Waals surface area (Å²) in [5.41, 5.74) is 1.04. The molecule has 1 N–H and O–H groups in total. The summed E-state index contributed by atoms with van der Waals surface area (Å²) < 4.78 is 0. The van der Waals surface area contributed by atoms with Crippen molar-refractivity contribution in [2.75, 3.05) is 5.32 Å². The molecule has 0 fully saturated rings. The molecule has 0 spiro atoms. The van der Waals surface area contributed by atoms with Crippen LogP contribution < -0.4 is 5.32 Å². The standard InChI is InChI=1S/C9H8N2O.C2H6/c1-7(12)11-9-5-3-2-4-8(9)6-10;1-2/h2-5H,1H3,(H,11,12);1-2H3. The second-order valence-corrected chi connectivity index (χ2v) is 2.34. The predicted molar refractivity (Wildman–Crippen MR) is 56.8 cm³/mol. The predicted octanol–water partition coefficient (Wildman–Crippen LogP) is 2.54. The van der Waals surface area contributed by atoms with Crippen LogP contribution in [0.25, 0.3) is 0 Å². The first kappa shape index (κ1) is 12.2. The molecule has 3 heteroatoms. The van der Waals surface area contributed by atoms with E-state index in [0.29, 0.717) is 11.3 Å². The Morgan fingerprint density at radius 1 is 1.36 bits per heavy atom. The minimum absolute atomic E-state index is 0.169. The van der Waals surface area contributed by atoms with Gasteiger partial charge in [0.2, 0.25) is 5.91 Å². The molecule has 0 saturated heterocycles. The van der Waals surface area contributed by atoms with Crippen molar-refractivity contribution in [1.82, 2.24) is 0 Å². The van der Waals surface area contributed by atoms with E-state index in [1.165, 1.54) is 6.92 Å². The number of nitrogens with zero attached hydrogens (tertiary/aromatic N) is 1. The number of hydrogen-bond donors (Lipinski definition) is 1. The molecular weight excluding hydrogens is 176 g/mol. The lowest BCUT2D eigenvalue weighted by Crippen LogP contribution is -2.06. The number of rotatable bonds is 1. The van der Waals surface area contributed by atoms with Gasteiger partial charge >= 0.3 is 0 Å². The molecule has 0 saturated carbocycles. The van der Waals surface area contributed by atoms with Gasteiger partial charge in [0.25, 0.3) is 0 Å². The first-order valence-corrected chi connectivity index (χ1v) is 4.51. The first-order valence-electron chi connectivity index (χ1n) is 4.51. The normalized spacial score (nSPS) is 7.86. The zero-order valence-electron chi connectivity index (χ0n) is 8.66. The lowest BCUT2D eigenvalue weighted by Gasteiger charge is -2.02. The fourth-order valence-electron chi connectivity index (χ4n) is 0.879. The topological polar surface area (TPSA) is 52.9 Å². The first-order chi connectivity index (χ1) is 6.74. The van der Waals surface area contributed by atoms with E-state index in [1.807, 2.05) is 19.9 Å². The van der Waals surface area contributed by atoms with E-state index in [2.05, 4.69) is 5.32 Å². The van der Waals surface area contributed by atoms with Crippen molar-refractivity contribution in [1.29, 1.82) is 5.26 Å². The maximum atomic E-state index is 10.7. The summed E-state index contributed by atoms with van der Waals surface area (Å²) in [6, 6.07) is 8.86. The van der Waals surface area contributed by atoms with Crippen molar-refractivity contribution >= 4 is 11.6 Å². The van der Waals surface area contributed by atoms with E-state index in [4.69, 9.17) is 5.26 Å². The van der Waals surface area contributed by atoms with Gasteiger partial charge in [-0.3, -0.25) is 4.79 Å². The van der Waals surface area contributed by atoms with Crippen molar-refractivity contribution in [3.63, 3.8) is 0 Å². The quantitative estimate of drug-likeness (QED) is 0.739. The fourth-order valence-corrected chi connectivity index (χ4v) is 0.879. The molecule has 3 nitrogen and oxygen atoms in total. The number of benzene rings is 1. The van der Waals surface area contributed by atoms with Crippen LogP contribution in [0.15, 0.2) is 24.3 Å². The van der Waals surface area contributed by atoms with Gasteiger partial charge in [0.05, 0.1) is 11.3 Å². The second kappa shape index (κ2) is 6.67. The largest absolute Gasteiger partial charge is 0.325 e.